The quantitative estimate of drug-likeness (QED) is 0.129. The van der Waals surface area contributed by atoms with Crippen LogP contribution in [0.5, 0.6) is 11.5 Å². The summed E-state index contributed by atoms with van der Waals surface area (Å²) in [5.74, 6) is 1.41. The van der Waals surface area contributed by atoms with Crippen molar-refractivity contribution in [1.82, 2.24) is 9.55 Å². The lowest BCUT2D eigenvalue weighted by Crippen LogP contribution is -2.40. The van der Waals surface area contributed by atoms with Gasteiger partial charge < -0.3 is 33.5 Å². The van der Waals surface area contributed by atoms with Crippen LogP contribution in [0.1, 0.15) is 22.9 Å². The van der Waals surface area contributed by atoms with Gasteiger partial charge in [-0.1, -0.05) is 54.6 Å². The minimum Gasteiger partial charge on any atom is -0.497 e. The molecular weight excluding hydrogens is 584 g/mol. The van der Waals surface area contributed by atoms with E-state index in [1.165, 1.54) is 12.3 Å². The number of nitrogens with zero attached hydrogens (tertiary/aromatic N) is 1. The lowest BCUT2D eigenvalue weighted by molar-refractivity contribution is -0.0988. The molecular formula is C33H36N2O8S. The van der Waals surface area contributed by atoms with Gasteiger partial charge in [0.05, 0.1) is 34.0 Å². The fourth-order valence-corrected chi connectivity index (χ4v) is 5.70. The lowest BCUT2D eigenvalue weighted by Gasteiger charge is -2.37. The van der Waals surface area contributed by atoms with E-state index in [1.807, 2.05) is 78.9 Å². The van der Waals surface area contributed by atoms with E-state index in [-0.39, 0.29) is 23.5 Å². The van der Waals surface area contributed by atoms with Crippen LogP contribution in [0, 0.1) is 4.77 Å². The smallest absolute Gasteiger partial charge is 0.251 e. The van der Waals surface area contributed by atoms with E-state index in [4.69, 9.17) is 40.6 Å². The fourth-order valence-electron chi connectivity index (χ4n) is 5.44. The van der Waals surface area contributed by atoms with Gasteiger partial charge in [-0.05, 0) is 53.2 Å². The highest BCUT2D eigenvalue weighted by molar-refractivity contribution is 7.71. The second kappa shape index (κ2) is 14.3. The van der Waals surface area contributed by atoms with E-state index in [0.29, 0.717) is 18.1 Å². The van der Waals surface area contributed by atoms with Crippen LogP contribution in [0.2, 0.25) is 0 Å². The standard InChI is InChI=1S/C33H36N2O8S/c1-38-19-20-41-30-29(37)27(43-31(30)35-18-17-28(36)34-32(35)44)21-42-33(22-7-5-4-6-8-22,23-9-13-25(39-2)14-10-23)24-11-15-26(40-3)16-12-24/h4-18,27,29-31,37H,19-21H2,1-3H3,(H,34,36,44)/t27-,29-,30-,31-/m1/s1. The second-order valence-electron chi connectivity index (χ2n) is 10.2. The number of benzene rings is 3. The Morgan fingerprint density at radius 1 is 0.864 bits per heavy atom. The number of aliphatic hydroxyl groups excluding tert-OH is 1. The molecule has 1 aliphatic heterocycles. The van der Waals surface area contributed by atoms with Gasteiger partial charge in [0.25, 0.3) is 5.56 Å². The maximum absolute atomic E-state index is 11.9. The normalized spacial score (nSPS) is 20.0. The second-order valence-corrected chi connectivity index (χ2v) is 10.6. The van der Waals surface area contributed by atoms with Gasteiger partial charge in [-0.3, -0.25) is 14.3 Å². The summed E-state index contributed by atoms with van der Waals surface area (Å²) in [6.45, 7) is 0.513. The van der Waals surface area contributed by atoms with Crippen LogP contribution in [-0.4, -0.2) is 74.1 Å². The maximum atomic E-state index is 11.9. The summed E-state index contributed by atoms with van der Waals surface area (Å²) in [4.78, 5) is 14.5. The number of methoxy groups -OCH3 is 3. The summed E-state index contributed by atoms with van der Waals surface area (Å²) >= 11 is 5.41. The van der Waals surface area contributed by atoms with Gasteiger partial charge in [0.2, 0.25) is 0 Å². The van der Waals surface area contributed by atoms with Crippen LogP contribution in [-0.2, 0) is 24.5 Å². The number of H-pyrrole nitrogens is 1. The van der Waals surface area contributed by atoms with Gasteiger partial charge in [0.1, 0.15) is 35.4 Å². The van der Waals surface area contributed by atoms with E-state index >= 15 is 0 Å². The minimum absolute atomic E-state index is 0.0224. The number of aliphatic hydroxyl groups is 1. The third kappa shape index (κ3) is 6.48. The summed E-state index contributed by atoms with van der Waals surface area (Å²) in [6.07, 6.45) is -2.03. The molecule has 4 atom stereocenters. The summed E-state index contributed by atoms with van der Waals surface area (Å²) < 4.78 is 37.1. The van der Waals surface area contributed by atoms with Crippen LogP contribution < -0.4 is 15.0 Å². The Bertz CT molecular complexity index is 1560. The predicted octanol–water partition coefficient (Wildman–Crippen LogP) is 4.22. The van der Waals surface area contributed by atoms with Gasteiger partial charge >= 0.3 is 0 Å². The molecule has 44 heavy (non-hydrogen) atoms. The average Bonchev–Trinajstić information content (AvgIpc) is 3.36. The molecule has 2 N–H and O–H groups in total. The SMILES string of the molecule is COCCO[C@@H]1[C@H](O)[C@@H](COC(c2ccccc2)(c2ccc(OC)cc2)c2ccc(OC)cc2)O[C@H]1n1ccc(=O)[nH]c1=S. The molecule has 0 radical (unpaired) electrons. The minimum atomic E-state index is -1.11. The van der Waals surface area contributed by atoms with E-state index < -0.39 is 30.1 Å². The zero-order chi connectivity index (χ0) is 31.1. The number of nitrogens with one attached hydrogen (secondary N) is 1. The van der Waals surface area contributed by atoms with Crippen LogP contribution in [0.4, 0.5) is 0 Å². The Balaban J connectivity index is 1.55. The van der Waals surface area contributed by atoms with Gasteiger partial charge in [0, 0.05) is 19.4 Å². The molecule has 0 saturated carbocycles. The van der Waals surface area contributed by atoms with E-state index in [0.717, 1.165) is 16.7 Å². The molecule has 3 aromatic carbocycles. The Labute approximate surface area is 260 Å². The van der Waals surface area contributed by atoms with Crippen molar-refractivity contribution in [2.75, 3.05) is 41.2 Å². The molecule has 0 aliphatic carbocycles. The molecule has 5 rings (SSSR count). The number of hydrogen-bond acceptors (Lipinski definition) is 9. The third-order valence-corrected chi connectivity index (χ3v) is 7.99. The van der Waals surface area contributed by atoms with Gasteiger partial charge in [0.15, 0.2) is 11.0 Å². The van der Waals surface area contributed by atoms with Gasteiger partial charge in [-0.15, -0.1) is 0 Å². The highest BCUT2D eigenvalue weighted by atomic mass is 32.1. The van der Waals surface area contributed by atoms with Crippen molar-refractivity contribution < 1.29 is 33.5 Å². The summed E-state index contributed by atoms with van der Waals surface area (Å²) in [7, 11) is 4.81. The number of aromatic nitrogens is 2. The highest BCUT2D eigenvalue weighted by Crippen LogP contribution is 2.43. The first-order valence-corrected chi connectivity index (χ1v) is 14.6. The van der Waals surface area contributed by atoms with Crippen LogP contribution in [0.25, 0.3) is 0 Å². The van der Waals surface area contributed by atoms with Crippen LogP contribution in [0.3, 0.4) is 0 Å². The average molecular weight is 621 g/mol. The zero-order valence-electron chi connectivity index (χ0n) is 24.8. The summed E-state index contributed by atoms with van der Waals surface area (Å²) in [6, 6.07) is 26.6. The summed E-state index contributed by atoms with van der Waals surface area (Å²) in [5.41, 5.74) is 1.11. The largest absolute Gasteiger partial charge is 0.497 e. The van der Waals surface area contributed by atoms with Crippen molar-refractivity contribution in [3.63, 3.8) is 0 Å². The molecule has 1 aliphatic rings. The molecule has 2 heterocycles. The van der Waals surface area contributed by atoms with Gasteiger partial charge in [-0.25, -0.2) is 0 Å². The first kappa shape index (κ1) is 31.6. The lowest BCUT2D eigenvalue weighted by atomic mass is 9.80. The van der Waals surface area contributed by atoms with Crippen molar-refractivity contribution >= 4 is 12.2 Å². The van der Waals surface area contributed by atoms with Crippen molar-refractivity contribution in [2.45, 2.75) is 30.1 Å². The van der Waals surface area contributed by atoms with E-state index in [9.17, 15) is 9.90 Å². The molecule has 4 aromatic rings. The van der Waals surface area contributed by atoms with E-state index in [2.05, 4.69) is 4.98 Å². The van der Waals surface area contributed by atoms with Crippen molar-refractivity contribution in [3.05, 3.63) is 123 Å². The first-order valence-electron chi connectivity index (χ1n) is 14.2. The number of aromatic amines is 1. The predicted molar refractivity (Wildman–Crippen MR) is 166 cm³/mol. The van der Waals surface area contributed by atoms with Crippen LogP contribution in [0.15, 0.2) is 95.9 Å². The molecule has 11 heteroatoms. The van der Waals surface area contributed by atoms with Crippen molar-refractivity contribution in [3.8, 4) is 11.5 Å². The molecule has 0 spiro atoms. The Hall–Kier alpha value is -3.84. The monoisotopic (exact) mass is 620 g/mol. The maximum Gasteiger partial charge on any atom is 0.251 e. The van der Waals surface area contributed by atoms with Crippen molar-refractivity contribution in [2.24, 2.45) is 0 Å². The number of ether oxygens (including phenoxy) is 6. The van der Waals surface area contributed by atoms with E-state index in [1.54, 1.807) is 25.9 Å². The Kier molecular flexibility index (Phi) is 10.3. The molecule has 232 valence electrons. The molecule has 1 fully saturated rings. The molecule has 0 amide bonds. The topological polar surface area (TPSA) is 113 Å². The molecule has 1 saturated heterocycles. The Morgan fingerprint density at radius 3 is 2.00 bits per heavy atom. The Morgan fingerprint density at radius 2 is 1.45 bits per heavy atom. The third-order valence-electron chi connectivity index (χ3n) is 7.67. The molecule has 0 bridgehead atoms. The number of rotatable bonds is 13. The van der Waals surface area contributed by atoms with Gasteiger partial charge in [-0.2, -0.15) is 0 Å². The first-order chi connectivity index (χ1) is 21.4. The molecule has 10 nitrogen and oxygen atoms in total. The highest BCUT2D eigenvalue weighted by Gasteiger charge is 2.48. The molecule has 1 aromatic heterocycles. The fraction of sp³-hybridized carbons (Fsp3) is 0.333. The molecule has 0 unspecified atom stereocenters. The zero-order valence-corrected chi connectivity index (χ0v) is 25.6. The van der Waals surface area contributed by atoms with Crippen LogP contribution >= 0.6 is 12.2 Å². The van der Waals surface area contributed by atoms with Crippen molar-refractivity contribution in [1.29, 1.82) is 0 Å². The number of hydrogen-bond donors (Lipinski definition) is 2. The summed E-state index contributed by atoms with van der Waals surface area (Å²) in [5, 5.41) is 11.5.